The lowest BCUT2D eigenvalue weighted by molar-refractivity contribution is -0.807. The third-order valence-corrected chi connectivity index (χ3v) is 3.01. The molecule has 0 saturated carbocycles. The van der Waals surface area contributed by atoms with E-state index in [1.165, 1.54) is 16.2 Å². The maximum Gasteiger partial charge on any atom is 0.168 e. The van der Waals surface area contributed by atoms with E-state index < -0.39 is 0 Å². The first kappa shape index (κ1) is 12.5. The van der Waals surface area contributed by atoms with Gasteiger partial charge in [0.2, 0.25) is 0 Å². The summed E-state index contributed by atoms with van der Waals surface area (Å²) in [5.41, 5.74) is 2.73. The lowest BCUT2D eigenvalue weighted by atomic mass is 10.2. The molecule has 1 aromatic carbocycles. The van der Waals surface area contributed by atoms with Gasteiger partial charge in [-0.1, -0.05) is 18.2 Å². The van der Waals surface area contributed by atoms with Crippen molar-refractivity contribution in [2.24, 2.45) is 0 Å². The molecule has 0 aromatic heterocycles. The van der Waals surface area contributed by atoms with Crippen molar-refractivity contribution >= 4 is 5.69 Å². The van der Waals surface area contributed by atoms with Gasteiger partial charge in [0.05, 0.1) is 6.20 Å². The summed E-state index contributed by atoms with van der Waals surface area (Å²) in [5, 5.41) is 0. The monoisotopic (exact) mass is 316 g/mol. The Balaban J connectivity index is 0.00000112. The van der Waals surface area contributed by atoms with E-state index in [0.29, 0.717) is 6.17 Å². The average molecular weight is 316 g/mol. The fourth-order valence-electron chi connectivity index (χ4n) is 1.90. The molecule has 0 fully saturated rings. The fourth-order valence-corrected chi connectivity index (χ4v) is 1.90. The van der Waals surface area contributed by atoms with Crippen molar-refractivity contribution in [3.63, 3.8) is 0 Å². The van der Waals surface area contributed by atoms with E-state index in [0.717, 1.165) is 0 Å². The lowest BCUT2D eigenvalue weighted by Crippen LogP contribution is -3.06. The first-order valence-electron chi connectivity index (χ1n) is 5.03. The molecule has 0 saturated heterocycles. The van der Waals surface area contributed by atoms with E-state index in [4.69, 9.17) is 0 Å². The SMILES string of the molecule is Cc1ccccc1[NH+]1C=CN(C)[C@@H]1C.[I-]. The van der Waals surface area contributed by atoms with Crippen LogP contribution in [0.3, 0.4) is 0 Å². The minimum absolute atomic E-state index is 0. The van der Waals surface area contributed by atoms with Crippen LogP contribution in [0.4, 0.5) is 5.69 Å². The third-order valence-electron chi connectivity index (χ3n) is 3.01. The van der Waals surface area contributed by atoms with Crippen molar-refractivity contribution < 1.29 is 28.9 Å². The molecule has 0 radical (unpaired) electrons. The Hall–Kier alpha value is -0.550. The van der Waals surface area contributed by atoms with Crippen molar-refractivity contribution in [1.29, 1.82) is 0 Å². The van der Waals surface area contributed by atoms with Crippen LogP contribution < -0.4 is 28.9 Å². The van der Waals surface area contributed by atoms with Gasteiger partial charge >= 0.3 is 0 Å². The highest BCUT2D eigenvalue weighted by molar-refractivity contribution is 5.38. The molecule has 1 aliphatic heterocycles. The van der Waals surface area contributed by atoms with Crippen molar-refractivity contribution in [3.8, 4) is 0 Å². The molecule has 2 nitrogen and oxygen atoms in total. The van der Waals surface area contributed by atoms with Crippen LogP contribution in [0.25, 0.3) is 0 Å². The van der Waals surface area contributed by atoms with Gasteiger partial charge in [0, 0.05) is 19.5 Å². The van der Waals surface area contributed by atoms with Crippen molar-refractivity contribution in [1.82, 2.24) is 4.90 Å². The lowest BCUT2D eigenvalue weighted by Gasteiger charge is -2.22. The topological polar surface area (TPSA) is 7.68 Å². The first-order chi connectivity index (χ1) is 6.70. The second-order valence-corrected chi connectivity index (χ2v) is 3.93. The Morgan fingerprint density at radius 2 is 1.93 bits per heavy atom. The molecular formula is C12H17IN2. The maximum atomic E-state index is 2.24. The summed E-state index contributed by atoms with van der Waals surface area (Å²) in [6, 6.07) is 8.56. The largest absolute Gasteiger partial charge is 1.00 e. The summed E-state index contributed by atoms with van der Waals surface area (Å²) in [7, 11) is 2.12. The van der Waals surface area contributed by atoms with Gasteiger partial charge in [0.1, 0.15) is 11.9 Å². The Morgan fingerprint density at radius 1 is 1.27 bits per heavy atom. The van der Waals surface area contributed by atoms with Gasteiger partial charge in [-0.2, -0.15) is 0 Å². The van der Waals surface area contributed by atoms with Crippen LogP contribution in [-0.2, 0) is 0 Å². The minimum atomic E-state index is 0. The number of halogens is 1. The molecule has 0 spiro atoms. The van der Waals surface area contributed by atoms with E-state index >= 15 is 0 Å². The van der Waals surface area contributed by atoms with Crippen LogP contribution in [0.15, 0.2) is 36.7 Å². The van der Waals surface area contributed by atoms with E-state index in [1.54, 1.807) is 0 Å². The normalized spacial score (nSPS) is 24.1. The minimum Gasteiger partial charge on any atom is -1.00 e. The van der Waals surface area contributed by atoms with Gasteiger partial charge in [-0.05, 0) is 13.0 Å². The molecule has 1 aromatic rings. The van der Waals surface area contributed by atoms with Crippen LogP contribution in [0.1, 0.15) is 12.5 Å². The molecule has 1 heterocycles. The quantitative estimate of drug-likeness (QED) is 0.606. The number of nitrogens with zero attached hydrogens (tertiary/aromatic N) is 1. The number of hydrogen-bond donors (Lipinski definition) is 1. The molecule has 82 valence electrons. The molecule has 1 N–H and O–H groups in total. The highest BCUT2D eigenvalue weighted by Crippen LogP contribution is 2.11. The van der Waals surface area contributed by atoms with Gasteiger partial charge in [-0.15, -0.1) is 0 Å². The molecule has 1 aliphatic rings. The third kappa shape index (κ3) is 2.34. The van der Waals surface area contributed by atoms with Crippen LogP contribution in [0.2, 0.25) is 0 Å². The number of hydrogen-bond acceptors (Lipinski definition) is 1. The van der Waals surface area contributed by atoms with Crippen LogP contribution in [-0.4, -0.2) is 18.1 Å². The molecule has 0 aliphatic carbocycles. The maximum absolute atomic E-state index is 2.24. The van der Waals surface area contributed by atoms with E-state index in [-0.39, 0.29) is 24.0 Å². The molecule has 0 bridgehead atoms. The van der Waals surface area contributed by atoms with E-state index in [1.807, 2.05) is 0 Å². The summed E-state index contributed by atoms with van der Waals surface area (Å²) in [6.45, 7) is 4.41. The smallest absolute Gasteiger partial charge is 0.168 e. The molecule has 2 rings (SSSR count). The van der Waals surface area contributed by atoms with Gasteiger partial charge in [0.15, 0.2) is 6.17 Å². The highest BCUT2D eigenvalue weighted by atomic mass is 127. The Kier molecular flexibility index (Phi) is 4.16. The van der Waals surface area contributed by atoms with Gasteiger partial charge in [-0.25, -0.2) is 0 Å². The zero-order valence-electron chi connectivity index (χ0n) is 9.37. The predicted octanol–water partition coefficient (Wildman–Crippen LogP) is -1.72. The summed E-state index contributed by atoms with van der Waals surface area (Å²) < 4.78 is 0. The highest BCUT2D eigenvalue weighted by Gasteiger charge is 2.26. The number of rotatable bonds is 1. The predicted molar refractivity (Wildman–Crippen MR) is 58.2 cm³/mol. The van der Waals surface area contributed by atoms with Crippen LogP contribution in [0.5, 0.6) is 0 Å². The summed E-state index contributed by atoms with van der Waals surface area (Å²) in [4.78, 5) is 3.66. The fraction of sp³-hybridized carbons (Fsp3) is 0.333. The first-order valence-corrected chi connectivity index (χ1v) is 5.03. The number of quaternary nitrogens is 1. The Bertz CT molecular complexity index is 362. The summed E-state index contributed by atoms with van der Waals surface area (Å²) >= 11 is 0. The molecule has 1 unspecified atom stereocenters. The van der Waals surface area contributed by atoms with Gasteiger partial charge in [0.25, 0.3) is 0 Å². The summed E-state index contributed by atoms with van der Waals surface area (Å²) in [6.07, 6.45) is 4.86. The standard InChI is InChI=1S/C12H16N2.HI/c1-10-6-4-5-7-12(10)14-9-8-13(3)11(14)2;/h4-9,11H,1-3H3;1H/t11-;/m0./s1. The molecule has 0 amide bonds. The van der Waals surface area contributed by atoms with Crippen LogP contribution in [0, 0.1) is 6.92 Å². The summed E-state index contributed by atoms with van der Waals surface area (Å²) in [5.74, 6) is 0. The molecular weight excluding hydrogens is 299 g/mol. The zero-order valence-corrected chi connectivity index (χ0v) is 11.5. The van der Waals surface area contributed by atoms with Crippen molar-refractivity contribution in [2.75, 3.05) is 7.05 Å². The second kappa shape index (κ2) is 4.99. The molecule has 3 heteroatoms. The van der Waals surface area contributed by atoms with Crippen molar-refractivity contribution in [3.05, 3.63) is 42.2 Å². The van der Waals surface area contributed by atoms with Crippen molar-refractivity contribution in [2.45, 2.75) is 20.0 Å². The number of nitrogens with one attached hydrogen (secondary N) is 1. The second-order valence-electron chi connectivity index (χ2n) is 3.93. The average Bonchev–Trinajstić information content (AvgIpc) is 2.49. The van der Waals surface area contributed by atoms with Crippen LogP contribution >= 0.6 is 0 Å². The van der Waals surface area contributed by atoms with E-state index in [2.05, 4.69) is 62.5 Å². The Labute approximate surface area is 109 Å². The number of benzene rings is 1. The molecule has 15 heavy (non-hydrogen) atoms. The molecule has 2 atom stereocenters. The number of aryl methyl sites for hydroxylation is 1. The van der Waals surface area contributed by atoms with Gasteiger partial charge in [-0.3, -0.25) is 4.90 Å². The van der Waals surface area contributed by atoms with E-state index in [9.17, 15) is 0 Å². The Morgan fingerprint density at radius 3 is 2.47 bits per heavy atom. The zero-order chi connectivity index (χ0) is 10.1. The number of para-hydroxylation sites is 1. The van der Waals surface area contributed by atoms with Gasteiger partial charge < -0.3 is 28.9 Å².